The number of methoxy groups -OCH3 is 1. The first kappa shape index (κ1) is 19.6. The molecule has 4 rings (SSSR count). The van der Waals surface area contributed by atoms with E-state index >= 15 is 0 Å². The van der Waals surface area contributed by atoms with Gasteiger partial charge in [-0.25, -0.2) is 9.78 Å². The van der Waals surface area contributed by atoms with Crippen molar-refractivity contribution in [1.29, 1.82) is 0 Å². The number of carbonyl (C=O) groups is 1. The second kappa shape index (κ2) is 8.37. The number of aryl methyl sites for hydroxylation is 1. The van der Waals surface area contributed by atoms with Crippen molar-refractivity contribution in [1.82, 2.24) is 4.98 Å². The molecule has 0 fully saturated rings. The van der Waals surface area contributed by atoms with E-state index in [9.17, 15) is 4.79 Å². The van der Waals surface area contributed by atoms with E-state index in [4.69, 9.17) is 30.5 Å². The van der Waals surface area contributed by atoms with Crippen molar-refractivity contribution in [2.75, 3.05) is 13.9 Å². The van der Waals surface area contributed by atoms with Crippen LogP contribution < -0.4 is 4.74 Å². The van der Waals surface area contributed by atoms with Gasteiger partial charge < -0.3 is 18.9 Å². The number of pyridine rings is 1. The Morgan fingerprint density at radius 3 is 2.90 bits per heavy atom. The number of ether oxygens (including phenoxy) is 4. The maximum atomic E-state index is 13.0. The Morgan fingerprint density at radius 1 is 1.24 bits per heavy atom. The summed E-state index contributed by atoms with van der Waals surface area (Å²) in [4.78, 5) is 17.6. The number of esters is 1. The van der Waals surface area contributed by atoms with Crippen molar-refractivity contribution in [3.8, 4) is 5.75 Å². The van der Waals surface area contributed by atoms with Crippen LogP contribution in [0.5, 0.6) is 5.75 Å². The van der Waals surface area contributed by atoms with Gasteiger partial charge in [0, 0.05) is 28.6 Å². The molecule has 1 aromatic heterocycles. The molecule has 0 bridgehead atoms. The van der Waals surface area contributed by atoms with Crippen LogP contribution in [0.3, 0.4) is 0 Å². The van der Waals surface area contributed by atoms with E-state index in [2.05, 4.69) is 4.98 Å². The quantitative estimate of drug-likeness (QED) is 0.571. The SMILES string of the molecule is COCc1nc2ccccc2c(C)c1C(=O)OCc1cc(Cl)cc2c1OCOC2. The first-order valence-electron chi connectivity index (χ1n) is 9.14. The summed E-state index contributed by atoms with van der Waals surface area (Å²) in [6.45, 7) is 2.69. The average Bonchev–Trinajstić information content (AvgIpc) is 2.72. The van der Waals surface area contributed by atoms with Gasteiger partial charge in [0.15, 0.2) is 6.79 Å². The Kier molecular flexibility index (Phi) is 5.67. The van der Waals surface area contributed by atoms with E-state index in [0.29, 0.717) is 34.2 Å². The summed E-state index contributed by atoms with van der Waals surface area (Å²) in [6.07, 6.45) is 0. The summed E-state index contributed by atoms with van der Waals surface area (Å²) in [5, 5.41) is 1.44. The van der Waals surface area contributed by atoms with E-state index in [-0.39, 0.29) is 20.0 Å². The van der Waals surface area contributed by atoms with Crippen LogP contribution in [0.25, 0.3) is 10.9 Å². The van der Waals surface area contributed by atoms with E-state index < -0.39 is 5.97 Å². The highest BCUT2D eigenvalue weighted by atomic mass is 35.5. The Bertz CT molecular complexity index is 1080. The molecule has 0 N–H and O–H groups in total. The molecule has 0 saturated heterocycles. The van der Waals surface area contributed by atoms with Crippen molar-refractivity contribution in [2.24, 2.45) is 0 Å². The van der Waals surface area contributed by atoms with Crippen molar-refractivity contribution >= 4 is 28.5 Å². The third-order valence-corrected chi connectivity index (χ3v) is 5.04. The number of benzene rings is 2. The molecule has 150 valence electrons. The summed E-state index contributed by atoms with van der Waals surface area (Å²) >= 11 is 6.19. The molecule has 3 aromatic rings. The van der Waals surface area contributed by atoms with Crippen LogP contribution in [0.2, 0.25) is 5.02 Å². The van der Waals surface area contributed by atoms with Gasteiger partial charge in [0.2, 0.25) is 0 Å². The maximum absolute atomic E-state index is 13.0. The lowest BCUT2D eigenvalue weighted by molar-refractivity contribution is -0.0180. The molecule has 0 spiro atoms. The minimum atomic E-state index is -0.464. The maximum Gasteiger partial charge on any atom is 0.340 e. The third kappa shape index (κ3) is 3.92. The van der Waals surface area contributed by atoms with Gasteiger partial charge in [0.05, 0.1) is 30.0 Å². The summed E-state index contributed by atoms with van der Waals surface area (Å²) in [5.41, 5.74) is 4.12. The molecule has 1 aliphatic heterocycles. The van der Waals surface area contributed by atoms with Crippen LogP contribution in [0.15, 0.2) is 36.4 Å². The predicted octanol–water partition coefficient (Wildman–Crippen LogP) is 4.57. The van der Waals surface area contributed by atoms with E-state index in [1.165, 1.54) is 0 Å². The van der Waals surface area contributed by atoms with Crippen LogP contribution in [-0.4, -0.2) is 24.9 Å². The Balaban J connectivity index is 1.66. The van der Waals surface area contributed by atoms with Crippen LogP contribution in [0.4, 0.5) is 0 Å². The second-order valence-electron chi connectivity index (χ2n) is 6.75. The number of halogens is 1. The fourth-order valence-corrected chi connectivity index (χ4v) is 3.80. The number of rotatable bonds is 5. The number of aromatic nitrogens is 1. The lowest BCUT2D eigenvalue weighted by Gasteiger charge is -2.21. The zero-order chi connectivity index (χ0) is 20.4. The van der Waals surface area contributed by atoms with Gasteiger partial charge in [-0.1, -0.05) is 29.8 Å². The molecule has 29 heavy (non-hydrogen) atoms. The highest BCUT2D eigenvalue weighted by Crippen LogP contribution is 2.32. The van der Waals surface area contributed by atoms with Gasteiger partial charge in [0.25, 0.3) is 0 Å². The van der Waals surface area contributed by atoms with Gasteiger partial charge in [-0.3, -0.25) is 0 Å². The number of fused-ring (bicyclic) bond motifs is 2. The van der Waals surface area contributed by atoms with Crippen molar-refractivity contribution < 1.29 is 23.7 Å². The number of hydrogen-bond donors (Lipinski definition) is 0. The topological polar surface area (TPSA) is 66.9 Å². The minimum Gasteiger partial charge on any atom is -0.467 e. The Morgan fingerprint density at radius 2 is 2.07 bits per heavy atom. The van der Waals surface area contributed by atoms with E-state index in [1.54, 1.807) is 19.2 Å². The molecular formula is C22H20ClNO5. The molecule has 6 nitrogen and oxygen atoms in total. The zero-order valence-corrected chi connectivity index (χ0v) is 16.9. The average molecular weight is 414 g/mol. The van der Waals surface area contributed by atoms with Gasteiger partial charge >= 0.3 is 5.97 Å². The van der Waals surface area contributed by atoms with Crippen molar-refractivity contribution in [3.05, 3.63) is 69.4 Å². The molecule has 7 heteroatoms. The van der Waals surface area contributed by atoms with E-state index in [1.807, 2.05) is 31.2 Å². The number of para-hydroxylation sites is 1. The molecule has 0 unspecified atom stereocenters. The van der Waals surface area contributed by atoms with Crippen LogP contribution >= 0.6 is 11.6 Å². The van der Waals surface area contributed by atoms with Crippen molar-refractivity contribution in [3.63, 3.8) is 0 Å². The highest BCUT2D eigenvalue weighted by Gasteiger charge is 2.22. The third-order valence-electron chi connectivity index (χ3n) is 4.82. The zero-order valence-electron chi connectivity index (χ0n) is 16.2. The summed E-state index contributed by atoms with van der Waals surface area (Å²) in [5.74, 6) is 0.188. The molecule has 0 amide bonds. The standard InChI is InChI=1S/C22H20ClNO5/c1-13-17-5-3-4-6-18(17)24-19(11-26-2)20(13)22(25)28-10-15-8-16(23)7-14-9-27-12-29-21(14)15/h3-8H,9-12H2,1-2H3. The Labute approximate surface area is 173 Å². The molecule has 2 aromatic carbocycles. The predicted molar refractivity (Wildman–Crippen MR) is 108 cm³/mol. The normalized spacial score (nSPS) is 13.1. The molecule has 0 aliphatic carbocycles. The van der Waals surface area contributed by atoms with Crippen LogP contribution in [-0.2, 0) is 34.0 Å². The summed E-state index contributed by atoms with van der Waals surface area (Å²) in [6, 6.07) is 11.2. The number of nitrogens with zero attached hydrogens (tertiary/aromatic N) is 1. The lowest BCUT2D eigenvalue weighted by atomic mass is 10.0. The summed E-state index contributed by atoms with van der Waals surface area (Å²) in [7, 11) is 1.57. The monoisotopic (exact) mass is 413 g/mol. The minimum absolute atomic E-state index is 0.0282. The molecule has 0 atom stereocenters. The number of hydrogen-bond acceptors (Lipinski definition) is 6. The van der Waals surface area contributed by atoms with Gasteiger partial charge in [-0.05, 0) is 30.7 Å². The van der Waals surface area contributed by atoms with Crippen LogP contribution in [0, 0.1) is 6.92 Å². The first-order valence-corrected chi connectivity index (χ1v) is 9.52. The summed E-state index contributed by atoms with van der Waals surface area (Å²) < 4.78 is 21.8. The largest absolute Gasteiger partial charge is 0.467 e. The molecular weight excluding hydrogens is 394 g/mol. The van der Waals surface area contributed by atoms with Crippen LogP contribution in [0.1, 0.15) is 32.7 Å². The Hall–Kier alpha value is -2.67. The van der Waals surface area contributed by atoms with Gasteiger partial charge in [-0.15, -0.1) is 0 Å². The molecule has 2 heterocycles. The smallest absolute Gasteiger partial charge is 0.340 e. The molecule has 0 saturated carbocycles. The second-order valence-corrected chi connectivity index (χ2v) is 7.19. The molecule has 0 radical (unpaired) electrons. The molecule has 1 aliphatic rings. The van der Waals surface area contributed by atoms with Gasteiger partial charge in [-0.2, -0.15) is 0 Å². The highest BCUT2D eigenvalue weighted by molar-refractivity contribution is 6.30. The first-order chi connectivity index (χ1) is 14.1. The van der Waals surface area contributed by atoms with E-state index in [0.717, 1.165) is 22.0 Å². The van der Waals surface area contributed by atoms with Crippen molar-refractivity contribution in [2.45, 2.75) is 26.7 Å². The fraction of sp³-hybridized carbons (Fsp3) is 0.273. The number of carbonyl (C=O) groups excluding carboxylic acids is 1. The van der Waals surface area contributed by atoms with Gasteiger partial charge in [0.1, 0.15) is 12.4 Å². The fourth-order valence-electron chi connectivity index (χ4n) is 3.53. The lowest BCUT2D eigenvalue weighted by Crippen LogP contribution is -2.16.